The van der Waals surface area contributed by atoms with E-state index >= 15 is 0 Å². The van der Waals surface area contributed by atoms with Crippen LogP contribution in [0.2, 0.25) is 5.02 Å². The summed E-state index contributed by atoms with van der Waals surface area (Å²) >= 11 is 7.75. The maximum absolute atomic E-state index is 13.3. The molecule has 0 unspecified atom stereocenters. The van der Waals surface area contributed by atoms with Crippen molar-refractivity contribution in [1.29, 1.82) is 0 Å². The maximum atomic E-state index is 13.3. The van der Waals surface area contributed by atoms with Gasteiger partial charge in [0.2, 0.25) is 0 Å². The van der Waals surface area contributed by atoms with Gasteiger partial charge in [0.05, 0.1) is 17.0 Å². The van der Waals surface area contributed by atoms with Crippen LogP contribution in [0.3, 0.4) is 0 Å². The van der Waals surface area contributed by atoms with E-state index in [4.69, 9.17) is 16.0 Å². The van der Waals surface area contributed by atoms with E-state index in [0.29, 0.717) is 33.6 Å². The van der Waals surface area contributed by atoms with Crippen molar-refractivity contribution in [3.8, 4) is 11.3 Å². The Kier molecular flexibility index (Phi) is 6.15. The monoisotopic (exact) mass is 470 g/mol. The van der Waals surface area contributed by atoms with Crippen LogP contribution < -0.4 is 5.01 Å². The molecule has 1 aliphatic rings. The van der Waals surface area contributed by atoms with Crippen molar-refractivity contribution in [2.45, 2.75) is 4.90 Å². The van der Waals surface area contributed by atoms with E-state index in [1.165, 1.54) is 5.01 Å². The highest BCUT2D eigenvalue weighted by Gasteiger charge is 2.31. The predicted octanol–water partition coefficient (Wildman–Crippen LogP) is 7.18. The Balaban J connectivity index is 1.46. The van der Waals surface area contributed by atoms with Gasteiger partial charge in [-0.3, -0.25) is 4.79 Å². The minimum Gasteiger partial charge on any atom is -0.457 e. The third kappa shape index (κ3) is 4.80. The molecule has 0 saturated carbocycles. The molecule has 4 nitrogen and oxygen atoms in total. The van der Waals surface area contributed by atoms with Crippen molar-refractivity contribution in [2.24, 2.45) is 5.10 Å². The third-order valence-corrected chi connectivity index (χ3v) is 6.35. The molecule has 0 bridgehead atoms. The number of furan rings is 1. The fourth-order valence-corrected chi connectivity index (χ4v) is 4.55. The summed E-state index contributed by atoms with van der Waals surface area (Å²) in [4.78, 5) is 14.4. The number of nitrogens with zero attached hydrogens (tertiary/aromatic N) is 2. The summed E-state index contributed by atoms with van der Waals surface area (Å²) in [5.41, 5.74) is 2.84. The van der Waals surface area contributed by atoms with Crippen LogP contribution in [-0.4, -0.2) is 17.4 Å². The van der Waals surface area contributed by atoms with Crippen molar-refractivity contribution < 1.29 is 9.21 Å². The fourth-order valence-electron chi connectivity index (χ4n) is 3.49. The van der Waals surface area contributed by atoms with Gasteiger partial charge in [-0.05, 0) is 54.6 Å². The van der Waals surface area contributed by atoms with Crippen LogP contribution in [0.15, 0.2) is 117 Å². The molecule has 1 amide bonds. The Morgan fingerprint density at radius 1 is 0.909 bits per heavy atom. The molecule has 0 saturated heterocycles. The number of anilines is 1. The molecule has 3 aromatic carbocycles. The second-order valence-electron chi connectivity index (χ2n) is 7.37. The van der Waals surface area contributed by atoms with Crippen molar-refractivity contribution in [3.63, 3.8) is 0 Å². The van der Waals surface area contributed by atoms with E-state index in [0.717, 1.165) is 16.1 Å². The molecule has 0 N–H and O–H groups in total. The molecule has 1 aliphatic heterocycles. The lowest BCUT2D eigenvalue weighted by Gasteiger charge is -2.10. The Morgan fingerprint density at radius 3 is 2.42 bits per heavy atom. The van der Waals surface area contributed by atoms with Crippen molar-refractivity contribution in [2.75, 3.05) is 10.8 Å². The molecule has 4 aromatic rings. The first-order chi connectivity index (χ1) is 16.2. The number of hydrogen-bond donors (Lipinski definition) is 0. The molecule has 1 aromatic heterocycles. The number of carbonyl (C=O) groups excluding carboxylic acids is 1. The van der Waals surface area contributed by atoms with Crippen LogP contribution in [-0.2, 0) is 4.79 Å². The lowest BCUT2D eigenvalue weighted by molar-refractivity contribution is -0.114. The summed E-state index contributed by atoms with van der Waals surface area (Å²) in [5, 5.41) is 6.75. The first-order valence-corrected chi connectivity index (χ1v) is 11.8. The first-order valence-electron chi connectivity index (χ1n) is 10.4. The Hall–Kier alpha value is -3.54. The van der Waals surface area contributed by atoms with Gasteiger partial charge in [0.15, 0.2) is 0 Å². The number of hydrogen-bond acceptors (Lipinski definition) is 4. The smallest absolute Gasteiger partial charge is 0.280 e. The standard InChI is InChI=1S/C27H19ClN2O2S/c28-20-9-7-8-19(16-20)26-15-14-22(32-26)17-24-25(18-33-23-12-5-2-6-13-23)29-30(27(24)31)21-10-3-1-4-11-21/h1-17H,18H2/b24-17+. The number of carbonyl (C=O) groups is 1. The van der Waals surface area contributed by atoms with E-state index < -0.39 is 0 Å². The van der Waals surface area contributed by atoms with Crippen LogP contribution in [0.5, 0.6) is 0 Å². The molecular weight excluding hydrogens is 452 g/mol. The molecular formula is C27H19ClN2O2S. The summed E-state index contributed by atoms with van der Waals surface area (Å²) in [6, 6.07) is 30.7. The number of benzene rings is 3. The highest BCUT2D eigenvalue weighted by molar-refractivity contribution is 8.00. The van der Waals surface area contributed by atoms with Gasteiger partial charge >= 0.3 is 0 Å². The zero-order chi connectivity index (χ0) is 22.6. The van der Waals surface area contributed by atoms with Gasteiger partial charge in [-0.15, -0.1) is 11.8 Å². The van der Waals surface area contributed by atoms with Gasteiger partial charge in [-0.1, -0.05) is 60.1 Å². The maximum Gasteiger partial charge on any atom is 0.280 e. The molecule has 5 rings (SSSR count). The quantitative estimate of drug-likeness (QED) is 0.221. The van der Waals surface area contributed by atoms with Gasteiger partial charge in [-0.2, -0.15) is 10.1 Å². The van der Waals surface area contributed by atoms with Gasteiger partial charge in [0.1, 0.15) is 11.5 Å². The van der Waals surface area contributed by atoms with Gasteiger partial charge in [0, 0.05) is 21.2 Å². The summed E-state index contributed by atoms with van der Waals surface area (Å²) in [7, 11) is 0. The van der Waals surface area contributed by atoms with Crippen LogP contribution in [0.1, 0.15) is 5.76 Å². The minimum absolute atomic E-state index is 0.175. The Morgan fingerprint density at radius 2 is 1.67 bits per heavy atom. The van der Waals surface area contributed by atoms with E-state index in [9.17, 15) is 4.79 Å². The second-order valence-corrected chi connectivity index (χ2v) is 8.86. The van der Waals surface area contributed by atoms with Gasteiger partial charge in [-0.25, -0.2) is 0 Å². The average molecular weight is 471 g/mol. The molecule has 0 radical (unpaired) electrons. The van der Waals surface area contributed by atoms with E-state index in [1.54, 1.807) is 17.8 Å². The number of amides is 1. The van der Waals surface area contributed by atoms with Gasteiger partial charge < -0.3 is 4.42 Å². The minimum atomic E-state index is -0.175. The number of para-hydroxylation sites is 1. The Labute approximate surface area is 201 Å². The van der Waals surface area contributed by atoms with E-state index in [1.807, 2.05) is 97.1 Å². The molecule has 0 fully saturated rings. The fraction of sp³-hybridized carbons (Fsp3) is 0.0370. The van der Waals surface area contributed by atoms with Crippen molar-refractivity contribution in [3.05, 3.63) is 113 Å². The number of hydrazone groups is 1. The number of thioether (sulfide) groups is 1. The van der Waals surface area contributed by atoms with Gasteiger partial charge in [0.25, 0.3) is 5.91 Å². The average Bonchev–Trinajstić information content (AvgIpc) is 3.44. The van der Waals surface area contributed by atoms with E-state index in [2.05, 4.69) is 5.10 Å². The normalized spacial score (nSPS) is 14.7. The van der Waals surface area contributed by atoms with Crippen LogP contribution in [0.4, 0.5) is 5.69 Å². The molecule has 0 spiro atoms. The molecule has 0 atom stereocenters. The topological polar surface area (TPSA) is 45.8 Å². The van der Waals surface area contributed by atoms with Crippen molar-refractivity contribution >= 4 is 46.7 Å². The number of halogens is 1. The summed E-state index contributed by atoms with van der Waals surface area (Å²) in [5.74, 6) is 1.66. The summed E-state index contributed by atoms with van der Waals surface area (Å²) in [6.07, 6.45) is 1.77. The van der Waals surface area contributed by atoms with Crippen LogP contribution in [0.25, 0.3) is 17.4 Å². The van der Waals surface area contributed by atoms with E-state index in [-0.39, 0.29) is 5.91 Å². The molecule has 0 aliphatic carbocycles. The largest absolute Gasteiger partial charge is 0.457 e. The summed E-state index contributed by atoms with van der Waals surface area (Å²) < 4.78 is 6.02. The molecule has 33 heavy (non-hydrogen) atoms. The van der Waals surface area contributed by atoms with Crippen LogP contribution >= 0.6 is 23.4 Å². The third-order valence-electron chi connectivity index (χ3n) is 5.10. The predicted molar refractivity (Wildman–Crippen MR) is 136 cm³/mol. The first kappa shape index (κ1) is 21.3. The summed E-state index contributed by atoms with van der Waals surface area (Å²) in [6.45, 7) is 0. The lowest BCUT2D eigenvalue weighted by atomic mass is 10.1. The highest BCUT2D eigenvalue weighted by Crippen LogP contribution is 2.30. The molecule has 6 heteroatoms. The lowest BCUT2D eigenvalue weighted by Crippen LogP contribution is -2.21. The zero-order valence-corrected chi connectivity index (χ0v) is 19.1. The number of rotatable bonds is 6. The highest BCUT2D eigenvalue weighted by atomic mass is 35.5. The Bertz CT molecular complexity index is 1350. The van der Waals surface area contributed by atoms with Crippen LogP contribution in [0, 0.1) is 0 Å². The van der Waals surface area contributed by atoms with Crippen molar-refractivity contribution in [1.82, 2.24) is 0 Å². The SMILES string of the molecule is O=C1/C(=C/c2ccc(-c3cccc(Cl)c3)o2)C(CSc2ccccc2)=NN1c1ccccc1. The molecule has 162 valence electrons. The second kappa shape index (κ2) is 9.53. The molecule has 2 heterocycles. The zero-order valence-electron chi connectivity index (χ0n) is 17.5.